The van der Waals surface area contributed by atoms with E-state index in [9.17, 15) is 24.3 Å². The van der Waals surface area contributed by atoms with Crippen molar-refractivity contribution in [3.8, 4) is 12.3 Å². The highest BCUT2D eigenvalue weighted by Gasteiger charge is 2.53. The first-order valence-electron chi connectivity index (χ1n) is 10.4. The maximum absolute atomic E-state index is 13.0. The molecule has 0 saturated carbocycles. The monoisotopic (exact) mass is 526 g/mol. The van der Waals surface area contributed by atoms with Crippen LogP contribution < -0.4 is 20.3 Å². The number of nitrogens with one attached hydrogen (secondary N) is 2. The minimum absolute atomic E-state index is 0.0938. The van der Waals surface area contributed by atoms with Crippen molar-refractivity contribution in [1.82, 2.24) is 15.2 Å². The zero-order valence-corrected chi connectivity index (χ0v) is 20.1. The molecule has 12 nitrogen and oxygen atoms in total. The molecule has 0 aromatic carbocycles. The van der Waals surface area contributed by atoms with Gasteiger partial charge in [-0.3, -0.25) is 19.3 Å². The summed E-state index contributed by atoms with van der Waals surface area (Å²) in [4.78, 5) is 58.8. The summed E-state index contributed by atoms with van der Waals surface area (Å²) in [6, 6.07) is 4.45. The number of carbonyl (C=O) groups excluding carboxylic acids is 4. The predicted octanol–water partition coefficient (Wildman–Crippen LogP) is -1.54. The first kappa shape index (κ1) is 24.9. The zero-order valence-electron chi connectivity index (χ0n) is 18.4. The number of thioether (sulfide) groups is 1. The summed E-state index contributed by atoms with van der Waals surface area (Å²) in [7, 11) is 0. The Labute approximate surface area is 213 Å². The molecule has 4 heterocycles. The number of aromatic nitrogens is 2. The molecular formula is C22H18N6O6S2. The summed E-state index contributed by atoms with van der Waals surface area (Å²) in [6.07, 6.45) is 9.16. The van der Waals surface area contributed by atoms with E-state index in [2.05, 4.69) is 26.7 Å². The third-order valence-corrected chi connectivity index (χ3v) is 7.24. The number of amides is 3. The Bertz CT molecular complexity index is 1300. The van der Waals surface area contributed by atoms with Crippen LogP contribution in [0.15, 0.2) is 52.4 Å². The predicted molar refractivity (Wildman–Crippen MR) is 127 cm³/mol. The molecule has 1 unspecified atom stereocenters. The van der Waals surface area contributed by atoms with E-state index in [0.717, 1.165) is 16.2 Å². The number of oxime groups is 1. The van der Waals surface area contributed by atoms with Crippen LogP contribution in [0, 0.1) is 12.3 Å². The molecule has 2 aliphatic rings. The number of hydrogen-bond acceptors (Lipinski definition) is 10. The summed E-state index contributed by atoms with van der Waals surface area (Å²) >= 11 is 2.37. The topological polar surface area (TPSA) is 157 Å². The summed E-state index contributed by atoms with van der Waals surface area (Å²) in [5.41, 5.74) is 0.162. The number of carboxylic acid groups (broad SMARTS) is 1. The molecule has 2 atom stereocenters. The molecule has 184 valence electrons. The lowest BCUT2D eigenvalue weighted by Crippen LogP contribution is -2.71. The lowest BCUT2D eigenvalue weighted by molar-refractivity contribution is -0.689. The van der Waals surface area contributed by atoms with Crippen molar-refractivity contribution < 1.29 is 33.7 Å². The van der Waals surface area contributed by atoms with E-state index in [1.807, 2.05) is 18.2 Å². The van der Waals surface area contributed by atoms with E-state index in [0.29, 0.717) is 17.7 Å². The Morgan fingerprint density at radius 3 is 2.86 bits per heavy atom. The Kier molecular flexibility index (Phi) is 7.62. The quantitative estimate of drug-likeness (QED) is 0.0717. The van der Waals surface area contributed by atoms with E-state index >= 15 is 0 Å². The van der Waals surface area contributed by atoms with Gasteiger partial charge in [-0.05, 0) is 0 Å². The highest BCUT2D eigenvalue weighted by molar-refractivity contribution is 8.00. The van der Waals surface area contributed by atoms with E-state index in [1.54, 1.807) is 17.0 Å². The molecule has 14 heteroatoms. The number of β-lactam (4-membered cyclic amide) rings is 1. The second kappa shape index (κ2) is 11.0. The Morgan fingerprint density at radius 1 is 1.39 bits per heavy atom. The molecule has 0 spiro atoms. The highest BCUT2D eigenvalue weighted by atomic mass is 32.2. The van der Waals surface area contributed by atoms with Crippen molar-refractivity contribution in [2.24, 2.45) is 5.16 Å². The molecule has 3 amide bonds. The number of anilines is 1. The number of aliphatic carboxylic acids is 1. The van der Waals surface area contributed by atoms with E-state index in [1.165, 1.54) is 17.1 Å². The van der Waals surface area contributed by atoms with Gasteiger partial charge in [0.15, 0.2) is 36.4 Å². The summed E-state index contributed by atoms with van der Waals surface area (Å²) in [5.74, 6) is -0.303. The number of pyridine rings is 1. The molecule has 2 aromatic rings. The average Bonchev–Trinajstić information content (AvgIpc) is 3.33. The van der Waals surface area contributed by atoms with Crippen LogP contribution in [0.25, 0.3) is 0 Å². The normalized spacial score (nSPS) is 19.0. The standard InChI is InChI=1S/C22H18N6O6S2/c1-2-8-34-26-15(14-11-36-22(24-14)23-12-29)18(30)25-16-19(31)28-17(21(32)33)13(10-35-20(16)28)9-27-6-4-3-5-7-27/h1,3-7,11-12,16,20H,8-10H2,(H2-,23,24,25,29,30,32,33)/t16?,20-/m1/s1. The zero-order chi connectivity index (χ0) is 25.7. The smallest absolute Gasteiger partial charge is 0.276 e. The van der Waals surface area contributed by atoms with Gasteiger partial charge in [-0.15, -0.1) is 29.5 Å². The summed E-state index contributed by atoms with van der Waals surface area (Å²) < 4.78 is 1.79. The van der Waals surface area contributed by atoms with E-state index in [-0.39, 0.29) is 35.4 Å². The maximum atomic E-state index is 13.0. The number of rotatable bonds is 10. The fourth-order valence-corrected chi connectivity index (χ4v) is 5.59. The van der Waals surface area contributed by atoms with Gasteiger partial charge in [-0.1, -0.05) is 17.1 Å². The third kappa shape index (κ3) is 5.07. The van der Waals surface area contributed by atoms with Crippen molar-refractivity contribution in [3.63, 3.8) is 0 Å². The first-order chi connectivity index (χ1) is 17.4. The Hall–Kier alpha value is -4.22. The van der Waals surface area contributed by atoms with Crippen LogP contribution in [0.3, 0.4) is 0 Å². The van der Waals surface area contributed by atoms with Crippen LogP contribution in [0.1, 0.15) is 5.69 Å². The van der Waals surface area contributed by atoms with Crippen LogP contribution in [0.2, 0.25) is 0 Å². The molecule has 0 aliphatic carbocycles. The number of thiazole rings is 1. The van der Waals surface area contributed by atoms with Crippen molar-refractivity contribution >= 4 is 58.1 Å². The van der Waals surface area contributed by atoms with Crippen molar-refractivity contribution in [2.45, 2.75) is 18.0 Å². The number of carboxylic acids is 1. The minimum atomic E-state index is -1.47. The SMILES string of the molecule is C#CCON=C(C(=O)NC1C(=O)N2C(C(=O)[O-])=C(C[n+]3ccccc3)CS[C@H]12)c1csc(NC=O)n1. The van der Waals surface area contributed by atoms with Crippen molar-refractivity contribution in [3.05, 3.63) is 52.9 Å². The third-order valence-electron chi connectivity index (χ3n) is 5.13. The molecule has 0 radical (unpaired) electrons. The molecule has 4 rings (SSSR count). The Balaban J connectivity index is 1.53. The largest absolute Gasteiger partial charge is 0.543 e. The van der Waals surface area contributed by atoms with Crippen LogP contribution in [0.4, 0.5) is 5.13 Å². The van der Waals surface area contributed by atoms with Gasteiger partial charge in [0.25, 0.3) is 11.8 Å². The second-order valence-corrected chi connectivity index (χ2v) is 9.33. The first-order valence-corrected chi connectivity index (χ1v) is 12.3. The lowest BCUT2D eigenvalue weighted by Gasteiger charge is -2.50. The number of hydrogen-bond donors (Lipinski definition) is 2. The Morgan fingerprint density at radius 2 is 2.17 bits per heavy atom. The van der Waals surface area contributed by atoms with Crippen LogP contribution >= 0.6 is 23.1 Å². The van der Waals surface area contributed by atoms with Crippen LogP contribution in [0.5, 0.6) is 0 Å². The van der Waals surface area contributed by atoms with Crippen molar-refractivity contribution in [1.29, 1.82) is 0 Å². The fraction of sp³-hybridized carbons (Fsp3) is 0.227. The number of fused-ring (bicyclic) bond motifs is 1. The van der Waals surface area contributed by atoms with Gasteiger partial charge in [-0.2, -0.15) is 0 Å². The highest BCUT2D eigenvalue weighted by Crippen LogP contribution is 2.40. The number of nitrogens with zero attached hydrogens (tertiary/aromatic N) is 4. The molecular weight excluding hydrogens is 508 g/mol. The van der Waals surface area contributed by atoms with E-state index < -0.39 is 29.2 Å². The van der Waals surface area contributed by atoms with Gasteiger partial charge in [0.05, 0.1) is 11.7 Å². The molecule has 2 aromatic heterocycles. The maximum Gasteiger partial charge on any atom is 0.276 e. The molecule has 1 fully saturated rings. The number of terminal acetylenes is 1. The second-order valence-electron chi connectivity index (χ2n) is 7.37. The minimum Gasteiger partial charge on any atom is -0.543 e. The van der Waals surface area contributed by atoms with Gasteiger partial charge in [0.1, 0.15) is 17.1 Å². The molecule has 2 aliphatic heterocycles. The summed E-state index contributed by atoms with van der Waals surface area (Å²) in [6.45, 7) is 0.0614. The lowest BCUT2D eigenvalue weighted by atomic mass is 10.0. The van der Waals surface area contributed by atoms with Crippen LogP contribution in [-0.4, -0.2) is 63.6 Å². The molecule has 36 heavy (non-hydrogen) atoms. The number of carbonyl (C=O) groups is 4. The van der Waals surface area contributed by atoms with E-state index in [4.69, 9.17) is 11.3 Å². The van der Waals surface area contributed by atoms with Gasteiger partial charge in [0.2, 0.25) is 6.41 Å². The van der Waals surface area contributed by atoms with Gasteiger partial charge < -0.3 is 25.4 Å². The van der Waals surface area contributed by atoms with Gasteiger partial charge in [-0.25, -0.2) is 9.55 Å². The van der Waals surface area contributed by atoms with Crippen molar-refractivity contribution in [2.75, 3.05) is 17.7 Å². The van der Waals surface area contributed by atoms with Crippen LogP contribution in [-0.2, 0) is 30.6 Å². The summed E-state index contributed by atoms with van der Waals surface area (Å²) in [5, 5.41) is 21.7. The fourth-order valence-electron chi connectivity index (χ4n) is 3.60. The van der Waals surface area contributed by atoms with Gasteiger partial charge >= 0.3 is 0 Å². The molecule has 0 bridgehead atoms. The molecule has 2 N–H and O–H groups in total. The molecule has 1 saturated heterocycles. The van der Waals surface area contributed by atoms with Gasteiger partial charge in [0, 0.05) is 28.8 Å². The average molecular weight is 527 g/mol.